The Morgan fingerprint density at radius 1 is 1.17 bits per heavy atom. The first kappa shape index (κ1) is 20.5. The number of amides is 1. The van der Waals surface area contributed by atoms with Crippen LogP contribution in [0.5, 0.6) is 11.5 Å². The third-order valence-electron chi connectivity index (χ3n) is 6.33. The van der Waals surface area contributed by atoms with E-state index in [9.17, 15) is 9.59 Å². The first-order valence-electron chi connectivity index (χ1n) is 10.6. The summed E-state index contributed by atoms with van der Waals surface area (Å²) in [6.45, 7) is 7.20. The van der Waals surface area contributed by atoms with Gasteiger partial charge in [-0.2, -0.15) is 0 Å². The highest BCUT2D eigenvalue weighted by atomic mass is 16.6. The summed E-state index contributed by atoms with van der Waals surface area (Å²) in [5.41, 5.74) is 8.19. The van der Waals surface area contributed by atoms with E-state index in [0.29, 0.717) is 19.7 Å². The lowest BCUT2D eigenvalue weighted by Gasteiger charge is -2.28. The molecule has 0 radical (unpaired) electrons. The zero-order valence-electron chi connectivity index (χ0n) is 17.6. The summed E-state index contributed by atoms with van der Waals surface area (Å²) in [7, 11) is 0. The number of hydrogen-bond donors (Lipinski definition) is 2. The molecule has 1 atom stereocenters. The zero-order chi connectivity index (χ0) is 21.3. The fourth-order valence-corrected chi connectivity index (χ4v) is 4.53. The van der Waals surface area contributed by atoms with Gasteiger partial charge in [-0.05, 0) is 32.0 Å². The molecule has 7 nitrogen and oxygen atoms in total. The minimum Gasteiger partial charge on any atom is -0.486 e. The molecule has 0 unspecified atom stereocenters. The molecule has 160 valence electrons. The smallest absolute Gasteiger partial charge is 0.220 e. The quantitative estimate of drug-likeness (QED) is 0.691. The third kappa shape index (κ3) is 4.21. The van der Waals surface area contributed by atoms with Crippen molar-refractivity contribution in [3.63, 3.8) is 0 Å². The number of nitrogens with two attached hydrogens (primary N) is 1. The van der Waals surface area contributed by atoms with Gasteiger partial charge in [0.05, 0.1) is 19.6 Å². The van der Waals surface area contributed by atoms with Gasteiger partial charge in [0.2, 0.25) is 11.7 Å². The van der Waals surface area contributed by atoms with E-state index < -0.39 is 0 Å². The lowest BCUT2D eigenvalue weighted by Crippen LogP contribution is -3.14. The van der Waals surface area contributed by atoms with Crippen molar-refractivity contribution in [2.45, 2.75) is 39.3 Å². The van der Waals surface area contributed by atoms with Crippen molar-refractivity contribution in [3.8, 4) is 11.5 Å². The largest absolute Gasteiger partial charge is 0.486 e. The van der Waals surface area contributed by atoms with E-state index in [1.807, 2.05) is 44.2 Å². The van der Waals surface area contributed by atoms with Crippen LogP contribution in [-0.4, -0.2) is 48.6 Å². The van der Waals surface area contributed by atoms with Gasteiger partial charge in [0, 0.05) is 35.7 Å². The molecule has 7 heteroatoms. The van der Waals surface area contributed by atoms with E-state index >= 15 is 0 Å². The third-order valence-corrected chi connectivity index (χ3v) is 6.33. The summed E-state index contributed by atoms with van der Waals surface area (Å²) in [6, 6.07) is 9.66. The lowest BCUT2D eigenvalue weighted by atomic mass is 9.96. The molecule has 2 aliphatic rings. The van der Waals surface area contributed by atoms with Crippen molar-refractivity contribution >= 4 is 11.7 Å². The highest BCUT2D eigenvalue weighted by molar-refractivity contribution is 5.98. The van der Waals surface area contributed by atoms with Crippen LogP contribution in [0.15, 0.2) is 30.3 Å². The Morgan fingerprint density at radius 2 is 1.87 bits per heavy atom. The molecule has 2 aromatic rings. The van der Waals surface area contributed by atoms with Crippen molar-refractivity contribution in [2.24, 2.45) is 11.7 Å². The van der Waals surface area contributed by atoms with Gasteiger partial charge in [0.15, 0.2) is 17.6 Å². The number of primary amides is 1. The maximum Gasteiger partial charge on any atom is 0.220 e. The molecule has 1 saturated heterocycles. The lowest BCUT2D eigenvalue weighted by molar-refractivity contribution is -0.897. The number of likely N-dealkylation sites (tertiary alicyclic amines) is 1. The molecule has 3 N–H and O–H groups in total. The van der Waals surface area contributed by atoms with Gasteiger partial charge in [-0.1, -0.05) is 12.1 Å². The summed E-state index contributed by atoms with van der Waals surface area (Å²) < 4.78 is 14.1. The fourth-order valence-electron chi connectivity index (χ4n) is 4.53. The molecular weight excluding hydrogens is 382 g/mol. The van der Waals surface area contributed by atoms with Crippen LogP contribution in [0.4, 0.5) is 0 Å². The second kappa shape index (κ2) is 8.52. The number of para-hydroxylation sites is 2. The number of Topliss-reactive ketones (excluding diaryl/α,β-unsaturated/α-hetero) is 1. The molecule has 4 rings (SSSR count). The van der Waals surface area contributed by atoms with Crippen molar-refractivity contribution < 1.29 is 24.0 Å². The molecule has 1 aromatic heterocycles. The SMILES string of the molecule is Cc1cc(C(=O)C[NH+]2CCC(C(N)=O)CC2)c(C)n1C[C@H]1COc2ccccc2O1. The predicted molar refractivity (Wildman–Crippen MR) is 112 cm³/mol. The number of carbonyl (C=O) groups is 2. The van der Waals surface area contributed by atoms with E-state index in [4.69, 9.17) is 15.2 Å². The van der Waals surface area contributed by atoms with E-state index in [-0.39, 0.29) is 23.7 Å². The molecule has 30 heavy (non-hydrogen) atoms. The number of quaternary nitrogens is 1. The van der Waals surface area contributed by atoms with Crippen LogP contribution in [-0.2, 0) is 11.3 Å². The van der Waals surface area contributed by atoms with Gasteiger partial charge in [0.25, 0.3) is 0 Å². The predicted octanol–water partition coefficient (Wildman–Crippen LogP) is 0.908. The van der Waals surface area contributed by atoms with E-state index in [1.54, 1.807) is 0 Å². The van der Waals surface area contributed by atoms with E-state index in [2.05, 4.69) is 4.57 Å². The van der Waals surface area contributed by atoms with Crippen molar-refractivity contribution in [1.29, 1.82) is 0 Å². The van der Waals surface area contributed by atoms with Gasteiger partial charge in [-0.25, -0.2) is 0 Å². The molecule has 3 heterocycles. The Balaban J connectivity index is 1.40. The molecule has 0 bridgehead atoms. The van der Waals surface area contributed by atoms with Crippen LogP contribution in [0.3, 0.4) is 0 Å². The Labute approximate surface area is 176 Å². The average Bonchev–Trinajstić information content (AvgIpc) is 3.02. The number of nitrogens with one attached hydrogen (secondary N) is 1. The summed E-state index contributed by atoms with van der Waals surface area (Å²) in [5.74, 6) is 1.41. The molecular formula is C23H30N3O4+. The second-order valence-corrected chi connectivity index (χ2v) is 8.42. The maximum absolute atomic E-state index is 13.0. The number of fused-ring (bicyclic) bond motifs is 1. The molecule has 1 fully saturated rings. The van der Waals surface area contributed by atoms with Crippen LogP contribution in [0.1, 0.15) is 34.6 Å². The van der Waals surface area contributed by atoms with Crippen molar-refractivity contribution in [2.75, 3.05) is 26.2 Å². The number of ether oxygens (including phenoxy) is 2. The zero-order valence-corrected chi connectivity index (χ0v) is 17.6. The minimum absolute atomic E-state index is 0.0447. The number of carbonyl (C=O) groups excluding carboxylic acids is 2. The fraction of sp³-hybridized carbons (Fsp3) is 0.478. The number of hydrogen-bond acceptors (Lipinski definition) is 4. The number of ketones is 1. The normalized spacial score (nSPS) is 23.2. The van der Waals surface area contributed by atoms with Crippen LogP contribution in [0, 0.1) is 19.8 Å². The Morgan fingerprint density at radius 3 is 2.57 bits per heavy atom. The van der Waals surface area contributed by atoms with Crippen LogP contribution < -0.4 is 20.1 Å². The Kier molecular flexibility index (Phi) is 5.81. The van der Waals surface area contributed by atoms with Gasteiger partial charge < -0.3 is 24.7 Å². The molecule has 0 saturated carbocycles. The number of rotatable bonds is 6. The van der Waals surface area contributed by atoms with E-state index in [0.717, 1.165) is 54.4 Å². The van der Waals surface area contributed by atoms with Crippen LogP contribution >= 0.6 is 0 Å². The number of aromatic nitrogens is 1. The topological polar surface area (TPSA) is 88.0 Å². The monoisotopic (exact) mass is 412 g/mol. The molecule has 0 spiro atoms. The number of nitrogens with zero attached hydrogens (tertiary/aromatic N) is 1. The highest BCUT2D eigenvalue weighted by Crippen LogP contribution is 2.31. The summed E-state index contributed by atoms with van der Waals surface area (Å²) >= 11 is 0. The van der Waals surface area contributed by atoms with Gasteiger partial charge in [-0.15, -0.1) is 0 Å². The highest BCUT2D eigenvalue weighted by Gasteiger charge is 2.29. The molecule has 0 aliphatic carbocycles. The Bertz CT molecular complexity index is 944. The van der Waals surface area contributed by atoms with Crippen molar-refractivity contribution in [3.05, 3.63) is 47.3 Å². The van der Waals surface area contributed by atoms with Crippen molar-refractivity contribution in [1.82, 2.24) is 4.57 Å². The summed E-state index contributed by atoms with van der Waals surface area (Å²) in [4.78, 5) is 25.6. The average molecular weight is 413 g/mol. The standard InChI is InChI=1S/C23H29N3O4/c1-15-11-19(20(27)13-25-9-7-17(8-10-25)23(24)28)16(2)26(15)12-18-14-29-21-5-3-4-6-22(21)30-18/h3-6,11,17-18H,7-10,12-14H2,1-2H3,(H2,24,28)/p+1/t18-/m0/s1. The maximum atomic E-state index is 13.0. The van der Waals surface area contributed by atoms with E-state index in [1.165, 1.54) is 4.90 Å². The van der Waals surface area contributed by atoms with Crippen LogP contribution in [0.2, 0.25) is 0 Å². The second-order valence-electron chi connectivity index (χ2n) is 8.42. The molecule has 2 aliphatic heterocycles. The van der Waals surface area contributed by atoms with Gasteiger partial charge in [0.1, 0.15) is 13.2 Å². The first-order valence-corrected chi connectivity index (χ1v) is 10.6. The van der Waals surface area contributed by atoms with Crippen LogP contribution in [0.25, 0.3) is 0 Å². The number of piperidine rings is 1. The minimum atomic E-state index is -0.222. The molecule has 1 aromatic carbocycles. The first-order chi connectivity index (χ1) is 14.4. The Hall–Kier alpha value is -2.80. The number of aryl methyl sites for hydroxylation is 1. The molecule has 1 amide bonds. The van der Waals surface area contributed by atoms with Gasteiger partial charge in [-0.3, -0.25) is 9.59 Å². The summed E-state index contributed by atoms with van der Waals surface area (Å²) in [5, 5.41) is 0. The van der Waals surface area contributed by atoms with Gasteiger partial charge >= 0.3 is 0 Å². The summed E-state index contributed by atoms with van der Waals surface area (Å²) in [6.07, 6.45) is 1.42. The number of benzene rings is 1.